The average Bonchev–Trinajstić information content (AvgIpc) is 2.29. The largest absolute Gasteiger partial charge is 0.477 e. The number of carboxylic acid groups (broad SMARTS) is 1. The first kappa shape index (κ1) is 10.6. The second-order valence-corrected chi connectivity index (χ2v) is 3.09. The van der Waals surface area contributed by atoms with Crippen LogP contribution in [0.3, 0.4) is 0 Å². The summed E-state index contributed by atoms with van der Waals surface area (Å²) in [6.45, 7) is 2.32. The third-order valence-corrected chi connectivity index (χ3v) is 1.76. The molecule has 0 aliphatic rings. The van der Waals surface area contributed by atoms with Gasteiger partial charge in [-0.1, -0.05) is 0 Å². The highest BCUT2D eigenvalue weighted by Crippen LogP contribution is 2.17. The van der Waals surface area contributed by atoms with E-state index in [4.69, 9.17) is 5.11 Å². The molecule has 0 saturated carbocycles. The third kappa shape index (κ3) is 2.07. The van der Waals surface area contributed by atoms with Crippen LogP contribution >= 0.6 is 0 Å². The Morgan fingerprint density at radius 1 is 1.64 bits per heavy atom. The number of alkyl halides is 2. The molecule has 1 heterocycles. The summed E-state index contributed by atoms with van der Waals surface area (Å²) in [4.78, 5) is 10.2. The number of carbonyl (C=O) groups is 1. The summed E-state index contributed by atoms with van der Waals surface area (Å²) < 4.78 is 26.5. The Labute approximate surface area is 79.2 Å². The Balaban J connectivity index is 2.88. The van der Waals surface area contributed by atoms with E-state index in [0.29, 0.717) is 11.4 Å². The molecule has 14 heavy (non-hydrogen) atoms. The van der Waals surface area contributed by atoms with Crippen molar-refractivity contribution in [2.75, 3.05) is 0 Å². The first-order chi connectivity index (χ1) is 6.33. The Morgan fingerprint density at radius 2 is 2.21 bits per heavy atom. The number of aliphatic carboxylic acids is 1. The van der Waals surface area contributed by atoms with Crippen molar-refractivity contribution in [3.05, 3.63) is 17.5 Å². The predicted octanol–water partition coefficient (Wildman–Crippen LogP) is 1.22. The van der Waals surface area contributed by atoms with Gasteiger partial charge >= 0.3 is 11.9 Å². The maximum atomic E-state index is 12.8. The normalized spacial score (nSPS) is 11.7. The van der Waals surface area contributed by atoms with Gasteiger partial charge in [0.25, 0.3) is 0 Å². The van der Waals surface area contributed by atoms with Crippen LogP contribution in [0.4, 0.5) is 8.78 Å². The predicted molar refractivity (Wildman–Crippen MR) is 44.3 cm³/mol. The molecular weight excluding hydrogens is 194 g/mol. The van der Waals surface area contributed by atoms with Gasteiger partial charge in [0, 0.05) is 5.69 Å². The molecule has 78 valence electrons. The van der Waals surface area contributed by atoms with E-state index in [9.17, 15) is 13.6 Å². The quantitative estimate of drug-likeness (QED) is 0.805. The highest BCUT2D eigenvalue weighted by Gasteiger charge is 2.39. The van der Waals surface area contributed by atoms with Crippen molar-refractivity contribution in [2.24, 2.45) is 0 Å². The van der Waals surface area contributed by atoms with Gasteiger partial charge < -0.3 is 5.11 Å². The van der Waals surface area contributed by atoms with Crippen molar-refractivity contribution < 1.29 is 18.7 Å². The Morgan fingerprint density at radius 3 is 2.57 bits per heavy atom. The average molecular weight is 204 g/mol. The molecule has 0 unspecified atom stereocenters. The fourth-order valence-electron chi connectivity index (χ4n) is 1.09. The third-order valence-electron chi connectivity index (χ3n) is 1.76. The monoisotopic (exact) mass is 204 g/mol. The summed E-state index contributed by atoms with van der Waals surface area (Å²) in [6, 6.07) is 1.61. The number of hydrogen-bond acceptors (Lipinski definition) is 2. The van der Waals surface area contributed by atoms with Crippen molar-refractivity contribution >= 4 is 5.97 Å². The molecule has 1 N–H and O–H groups in total. The maximum Gasteiger partial charge on any atom is 0.376 e. The number of aromatic nitrogens is 2. The van der Waals surface area contributed by atoms with Crippen LogP contribution < -0.4 is 0 Å². The van der Waals surface area contributed by atoms with Gasteiger partial charge in [0.15, 0.2) is 0 Å². The van der Waals surface area contributed by atoms with E-state index >= 15 is 0 Å². The van der Waals surface area contributed by atoms with Gasteiger partial charge in [0.05, 0.1) is 5.69 Å². The Hall–Kier alpha value is -1.46. The number of hydrogen-bond donors (Lipinski definition) is 1. The number of halogens is 2. The number of aryl methyl sites for hydroxylation is 2. The van der Waals surface area contributed by atoms with Gasteiger partial charge in [-0.3, -0.25) is 4.68 Å². The molecule has 0 aliphatic carbocycles. The molecule has 0 spiro atoms. The van der Waals surface area contributed by atoms with E-state index in [-0.39, 0.29) is 0 Å². The van der Waals surface area contributed by atoms with E-state index in [0.717, 1.165) is 4.68 Å². The second kappa shape index (κ2) is 3.36. The molecule has 1 aromatic heterocycles. The number of rotatable bonds is 3. The molecule has 0 fully saturated rings. The molecule has 1 rings (SSSR count). The molecule has 0 radical (unpaired) electrons. The summed E-state index contributed by atoms with van der Waals surface area (Å²) in [7, 11) is 0. The number of nitrogens with zero attached hydrogens (tertiary/aromatic N) is 2. The smallest absolute Gasteiger partial charge is 0.376 e. The van der Waals surface area contributed by atoms with Gasteiger partial charge in [-0.2, -0.15) is 13.9 Å². The van der Waals surface area contributed by atoms with Crippen LogP contribution in [0.2, 0.25) is 0 Å². The van der Waals surface area contributed by atoms with Crippen LogP contribution in [-0.4, -0.2) is 26.8 Å². The lowest BCUT2D eigenvalue weighted by Gasteiger charge is -2.11. The van der Waals surface area contributed by atoms with Gasteiger partial charge in [-0.25, -0.2) is 4.79 Å². The minimum Gasteiger partial charge on any atom is -0.477 e. The lowest BCUT2D eigenvalue weighted by Crippen LogP contribution is -2.34. The minimum atomic E-state index is -3.77. The van der Waals surface area contributed by atoms with E-state index in [1.807, 2.05) is 0 Å². The molecule has 0 aromatic carbocycles. The van der Waals surface area contributed by atoms with Crippen LogP contribution in [0, 0.1) is 13.8 Å². The zero-order valence-electron chi connectivity index (χ0n) is 7.79. The van der Waals surface area contributed by atoms with Crippen LogP contribution in [-0.2, 0) is 11.3 Å². The van der Waals surface area contributed by atoms with Crippen molar-refractivity contribution in [3.63, 3.8) is 0 Å². The van der Waals surface area contributed by atoms with Crippen molar-refractivity contribution in [1.82, 2.24) is 9.78 Å². The highest BCUT2D eigenvalue weighted by atomic mass is 19.3. The summed E-state index contributed by atoms with van der Waals surface area (Å²) in [6.07, 6.45) is 0. The fourth-order valence-corrected chi connectivity index (χ4v) is 1.09. The molecule has 0 saturated heterocycles. The molecule has 0 atom stereocenters. The molecule has 1 aromatic rings. The van der Waals surface area contributed by atoms with Gasteiger partial charge in [0.2, 0.25) is 0 Å². The van der Waals surface area contributed by atoms with Crippen LogP contribution in [0.5, 0.6) is 0 Å². The van der Waals surface area contributed by atoms with Gasteiger partial charge in [-0.15, -0.1) is 0 Å². The fraction of sp³-hybridized carbons (Fsp3) is 0.500. The second-order valence-electron chi connectivity index (χ2n) is 3.09. The Kier molecular flexibility index (Phi) is 2.55. The van der Waals surface area contributed by atoms with E-state index in [1.54, 1.807) is 19.9 Å². The maximum absolute atomic E-state index is 12.8. The topological polar surface area (TPSA) is 55.1 Å². The van der Waals surface area contributed by atoms with Crippen LogP contribution in [0.1, 0.15) is 11.4 Å². The summed E-state index contributed by atoms with van der Waals surface area (Å²) in [5, 5.41) is 12.0. The molecule has 0 aliphatic heterocycles. The van der Waals surface area contributed by atoms with E-state index in [2.05, 4.69) is 5.10 Å². The van der Waals surface area contributed by atoms with Gasteiger partial charge in [0.1, 0.15) is 6.54 Å². The first-order valence-electron chi connectivity index (χ1n) is 3.95. The lowest BCUT2D eigenvalue weighted by atomic mass is 10.3. The molecular formula is C8H10F2N2O2. The van der Waals surface area contributed by atoms with E-state index < -0.39 is 18.4 Å². The lowest BCUT2D eigenvalue weighted by molar-refractivity contribution is -0.167. The molecule has 4 nitrogen and oxygen atoms in total. The Bertz CT molecular complexity index is 360. The minimum absolute atomic E-state index is 0.517. The SMILES string of the molecule is Cc1cc(C)n(CC(F)(F)C(=O)O)n1. The standard InChI is InChI=1S/C8H10F2N2O2/c1-5-3-6(2)12(11-5)4-8(9,10)7(13)14/h3H,4H2,1-2H3,(H,13,14). The molecule has 0 bridgehead atoms. The first-order valence-corrected chi connectivity index (χ1v) is 3.95. The zero-order chi connectivity index (χ0) is 10.9. The molecule has 0 amide bonds. The highest BCUT2D eigenvalue weighted by molar-refractivity contribution is 5.75. The summed E-state index contributed by atoms with van der Waals surface area (Å²) in [5.74, 6) is -5.91. The van der Waals surface area contributed by atoms with Crippen molar-refractivity contribution in [3.8, 4) is 0 Å². The van der Waals surface area contributed by atoms with Gasteiger partial charge in [-0.05, 0) is 19.9 Å². The summed E-state index contributed by atoms with van der Waals surface area (Å²) >= 11 is 0. The van der Waals surface area contributed by atoms with Crippen molar-refractivity contribution in [1.29, 1.82) is 0 Å². The number of carboxylic acids is 1. The van der Waals surface area contributed by atoms with E-state index in [1.165, 1.54) is 0 Å². The molecule has 6 heteroatoms. The summed E-state index contributed by atoms with van der Waals surface area (Å²) in [5.41, 5.74) is 1.10. The van der Waals surface area contributed by atoms with Crippen LogP contribution in [0.15, 0.2) is 6.07 Å². The van der Waals surface area contributed by atoms with Crippen LogP contribution in [0.25, 0.3) is 0 Å². The van der Waals surface area contributed by atoms with Crippen molar-refractivity contribution in [2.45, 2.75) is 26.3 Å². The zero-order valence-corrected chi connectivity index (χ0v) is 7.79.